The first-order valence-electron chi connectivity index (χ1n) is 11.5. The average molecular weight is 493 g/mol. The maximum absolute atomic E-state index is 6.29. The summed E-state index contributed by atoms with van der Waals surface area (Å²) >= 11 is 12.6. The van der Waals surface area contributed by atoms with Crippen molar-refractivity contribution >= 4 is 46.3 Å². The summed E-state index contributed by atoms with van der Waals surface area (Å²) in [7, 11) is 0. The fourth-order valence-electron chi connectivity index (χ4n) is 4.39. The summed E-state index contributed by atoms with van der Waals surface area (Å²) in [5.41, 5.74) is 5.02. The van der Waals surface area contributed by atoms with E-state index in [1.807, 2.05) is 31.2 Å². The molecular formula is C27H26Cl2N4O. The molecule has 1 fully saturated rings. The number of nitrogens with zero attached hydrogens (tertiary/aromatic N) is 3. The lowest BCUT2D eigenvalue weighted by Gasteiger charge is -2.17. The third-order valence-electron chi connectivity index (χ3n) is 6.19. The number of aromatic nitrogens is 3. The van der Waals surface area contributed by atoms with E-state index >= 15 is 0 Å². The number of aromatic amines is 1. The number of rotatable bonds is 7. The van der Waals surface area contributed by atoms with E-state index in [4.69, 9.17) is 27.9 Å². The number of ether oxygens (including phenoxy) is 1. The summed E-state index contributed by atoms with van der Waals surface area (Å²) in [6.45, 7) is 5.37. The molecule has 34 heavy (non-hydrogen) atoms. The van der Waals surface area contributed by atoms with Crippen molar-refractivity contribution in [3.05, 3.63) is 87.3 Å². The molecule has 1 aliphatic heterocycles. The van der Waals surface area contributed by atoms with E-state index in [2.05, 4.69) is 50.4 Å². The van der Waals surface area contributed by atoms with Crippen LogP contribution in [-0.2, 0) is 6.54 Å². The van der Waals surface area contributed by atoms with Crippen LogP contribution in [0.1, 0.15) is 48.3 Å². The maximum atomic E-state index is 6.29. The molecule has 1 unspecified atom stereocenters. The lowest BCUT2D eigenvalue weighted by molar-refractivity contribution is 0.227. The Morgan fingerprint density at radius 1 is 1.03 bits per heavy atom. The summed E-state index contributed by atoms with van der Waals surface area (Å²) < 4.78 is 6.16. The minimum Gasteiger partial charge on any atom is -0.486 e. The minimum absolute atomic E-state index is 0.328. The third kappa shape index (κ3) is 5.12. The summed E-state index contributed by atoms with van der Waals surface area (Å²) in [6, 6.07) is 14.6. The van der Waals surface area contributed by atoms with E-state index in [0.717, 1.165) is 34.3 Å². The van der Waals surface area contributed by atoms with Crippen LogP contribution in [0.15, 0.2) is 54.9 Å². The molecule has 1 saturated heterocycles. The van der Waals surface area contributed by atoms with Gasteiger partial charge in [0.2, 0.25) is 0 Å². The molecule has 4 aromatic rings. The molecule has 0 aliphatic carbocycles. The molecule has 5 nitrogen and oxygen atoms in total. The first-order valence-corrected chi connectivity index (χ1v) is 12.3. The van der Waals surface area contributed by atoms with Gasteiger partial charge in [0.25, 0.3) is 0 Å². The number of likely N-dealkylation sites (tertiary alicyclic amines) is 1. The molecule has 1 N–H and O–H groups in total. The van der Waals surface area contributed by atoms with Gasteiger partial charge in [0.1, 0.15) is 11.9 Å². The van der Waals surface area contributed by atoms with Gasteiger partial charge in [-0.3, -0.25) is 15.0 Å². The second-order valence-corrected chi connectivity index (χ2v) is 9.47. The molecule has 0 radical (unpaired) electrons. The van der Waals surface area contributed by atoms with E-state index in [9.17, 15) is 0 Å². The highest BCUT2D eigenvalue weighted by Crippen LogP contribution is 2.33. The highest BCUT2D eigenvalue weighted by atomic mass is 35.5. The number of H-pyrrole nitrogens is 1. The molecule has 3 heterocycles. The van der Waals surface area contributed by atoms with Crippen molar-refractivity contribution in [2.45, 2.75) is 32.4 Å². The highest BCUT2D eigenvalue weighted by Gasteiger charge is 2.17. The number of pyridine rings is 1. The average Bonchev–Trinajstić information content (AvgIpc) is 3.48. The van der Waals surface area contributed by atoms with Gasteiger partial charge in [-0.15, -0.1) is 0 Å². The Morgan fingerprint density at radius 2 is 1.76 bits per heavy atom. The fraction of sp³-hybridized carbons (Fsp3) is 0.259. The largest absolute Gasteiger partial charge is 0.486 e. The Kier molecular flexibility index (Phi) is 6.86. The molecule has 5 rings (SSSR count). The molecule has 0 amide bonds. The summed E-state index contributed by atoms with van der Waals surface area (Å²) in [5, 5.41) is 9.53. The van der Waals surface area contributed by atoms with Crippen LogP contribution in [0.4, 0.5) is 0 Å². The standard InChI is InChI=1S/C27H26Cl2N4O/c1-18(27-23(28)15-30-16-24(27)29)34-21-9-11-26-22(14-21)25(31-32-26)10-8-19-4-6-20(7-5-19)17-33-12-2-3-13-33/h4-11,14-16,18H,2-3,12-13,17H2,1H3,(H,31,32)/b10-8+. The van der Waals surface area contributed by atoms with Gasteiger partial charge in [-0.1, -0.05) is 53.5 Å². The molecule has 174 valence electrons. The second kappa shape index (κ2) is 10.2. The van der Waals surface area contributed by atoms with Crippen molar-refractivity contribution in [1.29, 1.82) is 0 Å². The Morgan fingerprint density at radius 3 is 2.50 bits per heavy atom. The van der Waals surface area contributed by atoms with Crippen LogP contribution in [-0.4, -0.2) is 33.2 Å². The van der Waals surface area contributed by atoms with Crippen LogP contribution >= 0.6 is 23.2 Å². The number of hydrogen-bond acceptors (Lipinski definition) is 4. The Hall–Kier alpha value is -2.86. The zero-order valence-corrected chi connectivity index (χ0v) is 20.5. The van der Waals surface area contributed by atoms with Crippen LogP contribution in [0.5, 0.6) is 5.75 Å². The summed E-state index contributed by atoms with van der Waals surface area (Å²) in [6.07, 6.45) is 9.56. The molecule has 0 spiro atoms. The molecule has 2 aromatic carbocycles. The lowest BCUT2D eigenvalue weighted by Crippen LogP contribution is -2.18. The quantitative estimate of drug-likeness (QED) is 0.297. The summed E-state index contributed by atoms with van der Waals surface area (Å²) in [4.78, 5) is 6.52. The van der Waals surface area contributed by atoms with Crippen molar-refractivity contribution in [1.82, 2.24) is 20.1 Å². The Bertz CT molecular complexity index is 1290. The van der Waals surface area contributed by atoms with Gasteiger partial charge in [0, 0.05) is 29.9 Å². The number of nitrogens with one attached hydrogen (secondary N) is 1. The number of hydrogen-bond donors (Lipinski definition) is 1. The SMILES string of the molecule is CC(Oc1ccc2[nH]nc(/C=C/c3ccc(CN4CCCC4)cc3)c2c1)c1c(Cl)cncc1Cl. The third-order valence-corrected chi connectivity index (χ3v) is 6.79. The van der Waals surface area contributed by atoms with Crippen LogP contribution in [0.25, 0.3) is 23.1 Å². The van der Waals surface area contributed by atoms with E-state index < -0.39 is 0 Å². The topological polar surface area (TPSA) is 54.0 Å². The van der Waals surface area contributed by atoms with Crippen molar-refractivity contribution in [3.8, 4) is 5.75 Å². The Labute approximate surface area is 209 Å². The molecular weight excluding hydrogens is 467 g/mol. The van der Waals surface area contributed by atoms with Crippen molar-refractivity contribution in [3.63, 3.8) is 0 Å². The highest BCUT2D eigenvalue weighted by molar-refractivity contribution is 6.35. The van der Waals surface area contributed by atoms with Crippen LogP contribution < -0.4 is 4.74 Å². The molecule has 0 saturated carbocycles. The predicted octanol–water partition coefficient (Wildman–Crippen LogP) is 7.17. The predicted molar refractivity (Wildman–Crippen MR) is 139 cm³/mol. The zero-order chi connectivity index (χ0) is 23.5. The van der Waals surface area contributed by atoms with Gasteiger partial charge < -0.3 is 4.74 Å². The number of fused-ring (bicyclic) bond motifs is 1. The van der Waals surface area contributed by atoms with Gasteiger partial charge >= 0.3 is 0 Å². The van der Waals surface area contributed by atoms with Crippen molar-refractivity contribution in [2.75, 3.05) is 13.1 Å². The van der Waals surface area contributed by atoms with Gasteiger partial charge in [0.15, 0.2) is 0 Å². The van der Waals surface area contributed by atoms with Crippen molar-refractivity contribution < 1.29 is 4.74 Å². The molecule has 1 atom stereocenters. The van der Waals surface area contributed by atoms with Crippen LogP contribution in [0.3, 0.4) is 0 Å². The molecule has 2 aromatic heterocycles. The van der Waals surface area contributed by atoms with Crippen LogP contribution in [0, 0.1) is 0 Å². The molecule has 1 aliphatic rings. The fourth-order valence-corrected chi connectivity index (χ4v) is 5.07. The maximum Gasteiger partial charge on any atom is 0.124 e. The number of halogens is 2. The van der Waals surface area contributed by atoms with E-state index in [1.54, 1.807) is 12.4 Å². The van der Waals surface area contributed by atoms with E-state index in [-0.39, 0.29) is 6.10 Å². The number of benzene rings is 2. The van der Waals surface area contributed by atoms with Gasteiger partial charge in [0.05, 0.1) is 21.3 Å². The van der Waals surface area contributed by atoms with Gasteiger partial charge in [-0.25, -0.2) is 0 Å². The van der Waals surface area contributed by atoms with E-state index in [1.165, 1.54) is 31.5 Å². The Balaban J connectivity index is 1.31. The minimum atomic E-state index is -0.328. The van der Waals surface area contributed by atoms with Crippen LogP contribution in [0.2, 0.25) is 10.0 Å². The van der Waals surface area contributed by atoms with E-state index in [0.29, 0.717) is 15.8 Å². The smallest absolute Gasteiger partial charge is 0.124 e. The monoisotopic (exact) mass is 492 g/mol. The first kappa shape index (κ1) is 22.9. The van der Waals surface area contributed by atoms with Crippen molar-refractivity contribution in [2.24, 2.45) is 0 Å². The first-order chi connectivity index (χ1) is 16.6. The zero-order valence-electron chi connectivity index (χ0n) is 19.0. The van der Waals surface area contributed by atoms with Gasteiger partial charge in [-0.05, 0) is 68.3 Å². The summed E-state index contributed by atoms with van der Waals surface area (Å²) in [5.74, 6) is 0.714. The second-order valence-electron chi connectivity index (χ2n) is 8.65. The van der Waals surface area contributed by atoms with Gasteiger partial charge in [-0.2, -0.15) is 5.10 Å². The molecule has 7 heteroatoms. The molecule has 0 bridgehead atoms. The lowest BCUT2D eigenvalue weighted by atomic mass is 10.1. The normalized spacial score (nSPS) is 15.4.